The third-order valence-electron chi connectivity index (χ3n) is 4.53. The summed E-state index contributed by atoms with van der Waals surface area (Å²) in [5, 5.41) is 11.5. The van der Waals surface area contributed by atoms with E-state index in [1.807, 2.05) is 12.2 Å². The van der Waals surface area contributed by atoms with Crippen LogP contribution in [0.25, 0.3) is 0 Å². The summed E-state index contributed by atoms with van der Waals surface area (Å²) >= 11 is 0. The smallest absolute Gasteiger partial charge is 0.276 e. The van der Waals surface area contributed by atoms with Crippen molar-refractivity contribution in [1.29, 1.82) is 0 Å². The topological polar surface area (TPSA) is 77.1 Å². The Bertz CT molecular complexity index is 441. The van der Waals surface area contributed by atoms with E-state index in [1.54, 1.807) is 13.3 Å². The highest BCUT2D eigenvalue weighted by Gasteiger charge is 2.50. The normalized spacial score (nSPS) is 31.0. The van der Waals surface area contributed by atoms with Crippen molar-refractivity contribution in [2.45, 2.75) is 37.8 Å². The van der Waals surface area contributed by atoms with E-state index >= 15 is 0 Å². The molecule has 2 aliphatic rings. The fraction of sp³-hybridized carbons (Fsp3) is 0.733. The molecule has 1 fully saturated rings. The average Bonchev–Trinajstić information content (AvgIpc) is 3.13. The molecule has 0 spiro atoms. The zero-order chi connectivity index (χ0) is 15.3. The van der Waals surface area contributed by atoms with Crippen LogP contribution in [0.4, 0.5) is 0 Å². The first kappa shape index (κ1) is 15.8. The Hall–Kier alpha value is -1.56. The molecule has 0 bridgehead atoms. The minimum Gasteiger partial charge on any atom is -0.381 e. The Labute approximate surface area is 125 Å². The van der Waals surface area contributed by atoms with E-state index in [1.165, 1.54) is 6.21 Å². The number of aliphatic imine (C=N–C) groups is 2. The van der Waals surface area contributed by atoms with Gasteiger partial charge in [0.2, 0.25) is 0 Å². The van der Waals surface area contributed by atoms with Gasteiger partial charge in [-0.15, -0.1) is 0 Å². The van der Waals surface area contributed by atoms with Crippen LogP contribution < -0.4 is 0 Å². The molecule has 1 saturated heterocycles. The SMILES string of the molecule is CCC(CC1CCOC1)C1(C(C=NC)[N+](=O)[O-])C=CC=N1. The Balaban J connectivity index is 2.28. The van der Waals surface area contributed by atoms with E-state index in [4.69, 9.17) is 4.74 Å². The van der Waals surface area contributed by atoms with E-state index in [0.29, 0.717) is 5.92 Å². The fourth-order valence-electron chi connectivity index (χ4n) is 3.41. The van der Waals surface area contributed by atoms with Crippen LogP contribution in [0, 0.1) is 22.0 Å². The molecule has 0 saturated carbocycles. The molecule has 4 unspecified atom stereocenters. The van der Waals surface area contributed by atoms with Crippen molar-refractivity contribution in [3.63, 3.8) is 0 Å². The van der Waals surface area contributed by atoms with E-state index < -0.39 is 11.6 Å². The fourth-order valence-corrected chi connectivity index (χ4v) is 3.41. The maximum Gasteiger partial charge on any atom is 0.276 e. The van der Waals surface area contributed by atoms with Crippen LogP contribution in [-0.2, 0) is 4.74 Å². The average molecular weight is 293 g/mol. The largest absolute Gasteiger partial charge is 0.381 e. The predicted octanol–water partition coefficient (Wildman–Crippen LogP) is 2.16. The Morgan fingerprint density at radius 1 is 1.67 bits per heavy atom. The number of hydrogen-bond acceptors (Lipinski definition) is 5. The summed E-state index contributed by atoms with van der Waals surface area (Å²) in [7, 11) is 1.57. The molecule has 0 radical (unpaired) electrons. The monoisotopic (exact) mass is 293 g/mol. The maximum absolute atomic E-state index is 11.5. The van der Waals surface area contributed by atoms with Crippen LogP contribution in [-0.4, -0.2) is 49.2 Å². The Kier molecular flexibility index (Phi) is 5.22. The summed E-state index contributed by atoms with van der Waals surface area (Å²) in [4.78, 5) is 19.7. The quantitative estimate of drug-likeness (QED) is 0.410. The zero-order valence-corrected chi connectivity index (χ0v) is 12.6. The molecule has 2 aliphatic heterocycles. The van der Waals surface area contributed by atoms with Gasteiger partial charge in [-0.2, -0.15) is 0 Å². The molecule has 0 aromatic heterocycles. The molecule has 0 aliphatic carbocycles. The molecule has 2 heterocycles. The van der Waals surface area contributed by atoms with Gasteiger partial charge in [0.15, 0.2) is 5.54 Å². The Morgan fingerprint density at radius 2 is 2.48 bits per heavy atom. The molecule has 6 nitrogen and oxygen atoms in total. The van der Waals surface area contributed by atoms with Gasteiger partial charge in [0.05, 0.1) is 6.21 Å². The minimum atomic E-state index is -0.912. The molecule has 116 valence electrons. The van der Waals surface area contributed by atoms with Gasteiger partial charge >= 0.3 is 0 Å². The number of hydrogen-bond donors (Lipinski definition) is 0. The van der Waals surface area contributed by atoms with Crippen LogP contribution >= 0.6 is 0 Å². The van der Waals surface area contributed by atoms with Crippen LogP contribution in [0.1, 0.15) is 26.2 Å². The highest BCUT2D eigenvalue weighted by molar-refractivity contribution is 5.78. The van der Waals surface area contributed by atoms with Gasteiger partial charge in [-0.3, -0.25) is 20.1 Å². The molecule has 0 aromatic rings. The van der Waals surface area contributed by atoms with Gasteiger partial charge in [-0.1, -0.05) is 13.3 Å². The summed E-state index contributed by atoms with van der Waals surface area (Å²) in [6, 6.07) is -0.912. The van der Waals surface area contributed by atoms with Crippen molar-refractivity contribution < 1.29 is 9.66 Å². The molecule has 0 aromatic carbocycles. The second kappa shape index (κ2) is 6.93. The lowest BCUT2D eigenvalue weighted by Gasteiger charge is -2.34. The van der Waals surface area contributed by atoms with Crippen molar-refractivity contribution in [2.75, 3.05) is 20.3 Å². The molecule has 21 heavy (non-hydrogen) atoms. The summed E-state index contributed by atoms with van der Waals surface area (Å²) in [5.74, 6) is 0.592. The third kappa shape index (κ3) is 3.20. The molecule has 0 N–H and O–H groups in total. The van der Waals surface area contributed by atoms with Crippen LogP contribution in [0.3, 0.4) is 0 Å². The highest BCUT2D eigenvalue weighted by atomic mass is 16.6. The molecule has 4 atom stereocenters. The predicted molar refractivity (Wildman–Crippen MR) is 82.9 cm³/mol. The number of nitrogens with zero attached hydrogens (tertiary/aromatic N) is 3. The third-order valence-corrected chi connectivity index (χ3v) is 4.53. The van der Waals surface area contributed by atoms with Gasteiger partial charge in [-0.25, -0.2) is 0 Å². The minimum absolute atomic E-state index is 0.118. The molecule has 2 rings (SSSR count). The lowest BCUT2D eigenvalue weighted by molar-refractivity contribution is -0.511. The maximum atomic E-state index is 11.5. The van der Waals surface area contributed by atoms with E-state index in [9.17, 15) is 10.1 Å². The van der Waals surface area contributed by atoms with E-state index in [2.05, 4.69) is 16.9 Å². The van der Waals surface area contributed by atoms with Gasteiger partial charge in [0.1, 0.15) is 0 Å². The summed E-state index contributed by atoms with van der Waals surface area (Å²) in [5.41, 5.74) is -0.805. The number of ether oxygens (including phenoxy) is 1. The number of nitro groups is 1. The summed E-state index contributed by atoms with van der Waals surface area (Å²) in [6.07, 6.45) is 9.57. The second-order valence-corrected chi connectivity index (χ2v) is 5.73. The molecular weight excluding hydrogens is 270 g/mol. The van der Waals surface area contributed by atoms with Crippen LogP contribution in [0.2, 0.25) is 0 Å². The molecule has 0 amide bonds. The van der Waals surface area contributed by atoms with Crippen molar-refractivity contribution >= 4 is 12.4 Å². The van der Waals surface area contributed by atoms with Crippen LogP contribution in [0.5, 0.6) is 0 Å². The van der Waals surface area contributed by atoms with Gasteiger partial charge in [0, 0.05) is 31.4 Å². The first-order valence-electron chi connectivity index (χ1n) is 7.50. The first-order valence-corrected chi connectivity index (χ1v) is 7.50. The van der Waals surface area contributed by atoms with Gasteiger partial charge < -0.3 is 4.74 Å². The van der Waals surface area contributed by atoms with Crippen molar-refractivity contribution in [1.82, 2.24) is 0 Å². The van der Waals surface area contributed by atoms with Gasteiger partial charge in [0.25, 0.3) is 6.04 Å². The first-order chi connectivity index (χ1) is 10.1. The van der Waals surface area contributed by atoms with Crippen molar-refractivity contribution in [3.8, 4) is 0 Å². The summed E-state index contributed by atoms with van der Waals surface area (Å²) in [6.45, 7) is 3.62. The zero-order valence-electron chi connectivity index (χ0n) is 12.6. The lowest BCUT2D eigenvalue weighted by Crippen LogP contribution is -2.50. The van der Waals surface area contributed by atoms with Gasteiger partial charge in [-0.05, 0) is 36.8 Å². The van der Waals surface area contributed by atoms with E-state index in [0.717, 1.165) is 32.5 Å². The highest BCUT2D eigenvalue weighted by Crippen LogP contribution is 2.39. The van der Waals surface area contributed by atoms with Crippen molar-refractivity contribution in [2.24, 2.45) is 21.8 Å². The lowest BCUT2D eigenvalue weighted by atomic mass is 9.73. The van der Waals surface area contributed by atoms with Crippen LogP contribution in [0.15, 0.2) is 22.1 Å². The molecular formula is C15H23N3O3. The summed E-state index contributed by atoms with van der Waals surface area (Å²) < 4.78 is 5.44. The Morgan fingerprint density at radius 3 is 2.95 bits per heavy atom. The standard InChI is InChI=1S/C15H23N3O3/c1-3-13(9-12-5-8-21-11-12)15(6-4-7-17-15)14(10-16-2)18(19)20/h4,6-7,10,12-14H,3,5,8-9,11H2,1-2H3. The number of rotatable bonds is 7. The van der Waals surface area contributed by atoms with Crippen molar-refractivity contribution in [3.05, 3.63) is 22.3 Å². The molecule has 6 heteroatoms. The van der Waals surface area contributed by atoms with E-state index in [-0.39, 0.29) is 10.8 Å². The second-order valence-electron chi connectivity index (χ2n) is 5.73. The number of allylic oxidation sites excluding steroid dienone is 1.